The zero-order chi connectivity index (χ0) is 24.1. The lowest BCUT2D eigenvalue weighted by Gasteiger charge is -2.14. The molecule has 1 atom stereocenters. The number of ketones is 1. The summed E-state index contributed by atoms with van der Waals surface area (Å²) in [5.74, 6) is -1.88. The molecule has 1 unspecified atom stereocenters. The summed E-state index contributed by atoms with van der Waals surface area (Å²) >= 11 is 5.72. The monoisotopic (exact) mass is 477 g/mol. The number of amides is 1. The van der Waals surface area contributed by atoms with Crippen molar-refractivity contribution in [3.63, 3.8) is 0 Å². The predicted molar refractivity (Wildman–Crippen MR) is 119 cm³/mol. The van der Waals surface area contributed by atoms with Crippen LogP contribution < -0.4 is 5.32 Å². The second kappa shape index (κ2) is 10.6. The van der Waals surface area contributed by atoms with Crippen molar-refractivity contribution in [2.75, 3.05) is 19.8 Å². The number of nitrogens with one attached hydrogen (secondary N) is 1. The van der Waals surface area contributed by atoms with E-state index >= 15 is 0 Å². The highest BCUT2D eigenvalue weighted by atomic mass is 35.5. The molecule has 1 fully saturated rings. The van der Waals surface area contributed by atoms with Crippen molar-refractivity contribution in [1.29, 1.82) is 0 Å². The molecule has 1 N–H and O–H groups in total. The third kappa shape index (κ3) is 5.96. The van der Waals surface area contributed by atoms with Crippen LogP contribution in [0.1, 0.15) is 44.9 Å². The molecule has 0 aliphatic carbocycles. The van der Waals surface area contributed by atoms with Gasteiger partial charge in [0.1, 0.15) is 11.6 Å². The minimum Gasteiger partial charge on any atom is -0.456 e. The number of carbonyl (C=O) groups excluding carboxylic acids is 3. The summed E-state index contributed by atoms with van der Waals surface area (Å²) in [7, 11) is 0. The third-order valence-corrected chi connectivity index (χ3v) is 5.77. The van der Waals surface area contributed by atoms with Gasteiger partial charge in [-0.1, -0.05) is 11.6 Å². The smallest absolute Gasteiger partial charge is 0.325 e. The maximum absolute atomic E-state index is 12.6. The number of nitrogens with zero attached hydrogens (tertiary/aromatic N) is 2. The van der Waals surface area contributed by atoms with Gasteiger partial charge in [-0.05, 0) is 44.9 Å². The lowest BCUT2D eigenvalue weighted by Crippen LogP contribution is -2.31. The molecule has 1 aliphatic rings. The highest BCUT2D eigenvalue weighted by molar-refractivity contribution is 6.32. The third-order valence-electron chi connectivity index (χ3n) is 5.45. The van der Waals surface area contributed by atoms with Crippen molar-refractivity contribution in [2.45, 2.75) is 39.3 Å². The minimum absolute atomic E-state index is 0.0336. The van der Waals surface area contributed by atoms with Crippen LogP contribution in [0.15, 0.2) is 24.3 Å². The van der Waals surface area contributed by atoms with Crippen molar-refractivity contribution >= 4 is 34.9 Å². The fourth-order valence-electron chi connectivity index (χ4n) is 3.68. The number of carbonyl (C=O) groups is 3. The number of hydrogen-bond acceptors (Lipinski definition) is 7. The molecule has 0 saturated carbocycles. The second-order valence-electron chi connectivity index (χ2n) is 7.72. The predicted octanol–water partition coefficient (Wildman–Crippen LogP) is 3.00. The van der Waals surface area contributed by atoms with Gasteiger partial charge in [0.05, 0.1) is 11.0 Å². The van der Waals surface area contributed by atoms with Gasteiger partial charge in [-0.2, -0.15) is 0 Å². The number of rotatable bonds is 9. The lowest BCUT2D eigenvalue weighted by molar-refractivity contribution is -0.384. The summed E-state index contributed by atoms with van der Waals surface area (Å²) in [6, 6.07) is 5.29. The van der Waals surface area contributed by atoms with E-state index in [0.717, 1.165) is 36.9 Å². The van der Waals surface area contributed by atoms with E-state index in [2.05, 4.69) is 5.32 Å². The summed E-state index contributed by atoms with van der Waals surface area (Å²) in [5.41, 5.74) is 1.71. The first-order valence-electron chi connectivity index (χ1n) is 10.4. The molecule has 1 aliphatic heterocycles. The highest BCUT2D eigenvalue weighted by Gasteiger charge is 2.22. The summed E-state index contributed by atoms with van der Waals surface area (Å²) in [6.07, 6.45) is 2.13. The van der Waals surface area contributed by atoms with E-state index in [1.165, 1.54) is 12.1 Å². The normalized spacial score (nSPS) is 15.3. The van der Waals surface area contributed by atoms with Crippen molar-refractivity contribution < 1.29 is 28.8 Å². The van der Waals surface area contributed by atoms with Gasteiger partial charge in [0.15, 0.2) is 6.61 Å². The Bertz CT molecular complexity index is 1090. The van der Waals surface area contributed by atoms with Gasteiger partial charge in [-0.25, -0.2) is 0 Å². The molecule has 176 valence electrons. The van der Waals surface area contributed by atoms with Gasteiger partial charge in [0.2, 0.25) is 5.78 Å². The van der Waals surface area contributed by atoms with E-state index < -0.39 is 35.6 Å². The van der Waals surface area contributed by atoms with Crippen LogP contribution >= 0.6 is 11.6 Å². The van der Waals surface area contributed by atoms with Crippen LogP contribution in [-0.4, -0.2) is 53.0 Å². The van der Waals surface area contributed by atoms with Crippen molar-refractivity contribution in [1.82, 2.24) is 9.88 Å². The minimum atomic E-state index is -0.812. The average molecular weight is 478 g/mol. The van der Waals surface area contributed by atoms with Crippen molar-refractivity contribution in [3.05, 3.63) is 61.9 Å². The second-order valence-corrected chi connectivity index (χ2v) is 8.13. The molecule has 33 heavy (non-hydrogen) atoms. The number of aromatic nitrogens is 1. The summed E-state index contributed by atoms with van der Waals surface area (Å²) in [4.78, 5) is 47.0. The Balaban J connectivity index is 1.52. The maximum Gasteiger partial charge on any atom is 0.325 e. The van der Waals surface area contributed by atoms with Gasteiger partial charge >= 0.3 is 5.97 Å². The Labute approximate surface area is 194 Å². The van der Waals surface area contributed by atoms with E-state index in [4.69, 9.17) is 21.1 Å². The number of benzene rings is 1. The van der Waals surface area contributed by atoms with Crippen molar-refractivity contribution in [3.8, 4) is 0 Å². The van der Waals surface area contributed by atoms with E-state index in [9.17, 15) is 24.5 Å². The number of ether oxygens (including phenoxy) is 2. The summed E-state index contributed by atoms with van der Waals surface area (Å²) in [6.45, 7) is 4.19. The zero-order valence-corrected chi connectivity index (χ0v) is 19.0. The summed E-state index contributed by atoms with van der Waals surface area (Å²) < 4.78 is 12.7. The molecule has 11 heteroatoms. The van der Waals surface area contributed by atoms with Crippen LogP contribution in [-0.2, 0) is 20.8 Å². The average Bonchev–Trinajstić information content (AvgIpc) is 3.39. The molecule has 0 radical (unpaired) electrons. The Kier molecular flexibility index (Phi) is 7.83. The number of Topliss-reactive ketones (excluding diaryl/α,β-unsaturated/α-hetero) is 1. The first kappa shape index (κ1) is 24.4. The van der Waals surface area contributed by atoms with Crippen LogP contribution in [0.5, 0.6) is 0 Å². The first-order chi connectivity index (χ1) is 15.7. The number of halogens is 1. The van der Waals surface area contributed by atoms with Crippen LogP contribution in [0.3, 0.4) is 0 Å². The van der Waals surface area contributed by atoms with E-state index in [0.29, 0.717) is 12.1 Å². The number of nitro groups is 1. The molecular formula is C22H24ClN3O7. The zero-order valence-electron chi connectivity index (χ0n) is 18.3. The lowest BCUT2D eigenvalue weighted by atomic mass is 10.1. The van der Waals surface area contributed by atoms with E-state index in [1.54, 1.807) is 6.07 Å². The number of esters is 1. The Morgan fingerprint density at radius 1 is 1.30 bits per heavy atom. The van der Waals surface area contributed by atoms with Gasteiger partial charge in [0, 0.05) is 41.7 Å². The molecule has 1 aromatic carbocycles. The quantitative estimate of drug-likeness (QED) is 0.254. The van der Waals surface area contributed by atoms with Gasteiger partial charge in [0.25, 0.3) is 11.6 Å². The molecular weight excluding hydrogens is 454 g/mol. The largest absolute Gasteiger partial charge is 0.456 e. The molecule has 1 saturated heterocycles. The molecule has 2 heterocycles. The van der Waals surface area contributed by atoms with Gasteiger partial charge < -0.3 is 19.4 Å². The standard InChI is InChI=1S/C22H24ClN3O7/c1-13-8-17(14(2)25(13)11-16-4-3-7-32-16)20(27)12-33-21(28)10-24-22(29)15-5-6-18(23)19(9-15)26(30)31/h5-6,8-9,16H,3-4,7,10-12H2,1-2H3,(H,24,29). The molecule has 3 rings (SSSR count). The number of aryl methyl sites for hydroxylation is 1. The Morgan fingerprint density at radius 3 is 2.73 bits per heavy atom. The highest BCUT2D eigenvalue weighted by Crippen LogP contribution is 2.25. The Morgan fingerprint density at radius 2 is 2.06 bits per heavy atom. The SMILES string of the molecule is Cc1cc(C(=O)COC(=O)CNC(=O)c2ccc(Cl)c([N+](=O)[O-])c2)c(C)n1CC1CCCO1. The molecule has 1 aromatic heterocycles. The van der Waals surface area contributed by atoms with Gasteiger partial charge in [-0.3, -0.25) is 24.5 Å². The summed E-state index contributed by atoms with van der Waals surface area (Å²) in [5, 5.41) is 13.1. The molecule has 0 bridgehead atoms. The fourth-order valence-corrected chi connectivity index (χ4v) is 3.87. The fraction of sp³-hybridized carbons (Fsp3) is 0.409. The molecule has 0 spiro atoms. The molecule has 10 nitrogen and oxygen atoms in total. The van der Waals surface area contributed by atoms with Crippen LogP contribution in [0, 0.1) is 24.0 Å². The van der Waals surface area contributed by atoms with Crippen LogP contribution in [0.25, 0.3) is 0 Å². The maximum atomic E-state index is 12.6. The molecule has 2 aromatic rings. The topological polar surface area (TPSA) is 130 Å². The van der Waals surface area contributed by atoms with E-state index in [1.807, 2.05) is 18.4 Å². The molecule has 1 amide bonds. The van der Waals surface area contributed by atoms with Gasteiger partial charge in [-0.15, -0.1) is 0 Å². The Hall–Kier alpha value is -3.24. The van der Waals surface area contributed by atoms with E-state index in [-0.39, 0.29) is 22.5 Å². The van der Waals surface area contributed by atoms with Crippen molar-refractivity contribution in [2.24, 2.45) is 0 Å². The number of nitro benzene ring substituents is 1. The van der Waals surface area contributed by atoms with Crippen LogP contribution in [0.4, 0.5) is 5.69 Å². The number of hydrogen-bond donors (Lipinski definition) is 1. The first-order valence-corrected chi connectivity index (χ1v) is 10.7. The van der Waals surface area contributed by atoms with Crippen LogP contribution in [0.2, 0.25) is 5.02 Å².